The first-order valence-electron chi connectivity index (χ1n) is 6.68. The molecule has 0 bridgehead atoms. The molecule has 1 heterocycles. The molecule has 20 heavy (non-hydrogen) atoms. The van der Waals surface area contributed by atoms with E-state index >= 15 is 0 Å². The predicted octanol–water partition coefficient (Wildman–Crippen LogP) is 1.33. The zero-order valence-electron chi connectivity index (χ0n) is 11.4. The van der Waals surface area contributed by atoms with Crippen LogP contribution in [-0.4, -0.2) is 25.0 Å². The number of hydrogen-bond donors (Lipinski definition) is 3. The lowest BCUT2D eigenvalue weighted by Gasteiger charge is -2.19. The Kier molecular flexibility index (Phi) is 4.57. The van der Waals surface area contributed by atoms with E-state index in [1.807, 2.05) is 6.92 Å². The number of ether oxygens (including phenoxy) is 1. The molecule has 2 amide bonds. The third-order valence-corrected chi connectivity index (χ3v) is 3.17. The maximum atomic E-state index is 12.0. The summed E-state index contributed by atoms with van der Waals surface area (Å²) in [7, 11) is 0. The molecular formula is C14H19N3O3. The van der Waals surface area contributed by atoms with Crippen molar-refractivity contribution in [2.75, 3.05) is 23.8 Å². The number of anilines is 2. The maximum Gasteiger partial charge on any atom is 0.262 e. The van der Waals surface area contributed by atoms with Crippen molar-refractivity contribution < 1.29 is 14.3 Å². The Morgan fingerprint density at radius 2 is 2.35 bits per heavy atom. The number of hydrogen-bond acceptors (Lipinski definition) is 4. The molecule has 4 N–H and O–H groups in total. The third-order valence-electron chi connectivity index (χ3n) is 3.17. The third kappa shape index (κ3) is 3.48. The first kappa shape index (κ1) is 14.3. The van der Waals surface area contributed by atoms with Gasteiger partial charge in [0.2, 0.25) is 5.91 Å². The van der Waals surface area contributed by atoms with Gasteiger partial charge in [0.1, 0.15) is 5.75 Å². The number of amides is 2. The minimum atomic E-state index is -0.197. The Balaban J connectivity index is 2.01. The molecule has 1 aromatic rings. The van der Waals surface area contributed by atoms with Gasteiger partial charge in [-0.25, -0.2) is 0 Å². The van der Waals surface area contributed by atoms with Crippen LogP contribution >= 0.6 is 0 Å². The van der Waals surface area contributed by atoms with E-state index in [4.69, 9.17) is 10.5 Å². The van der Waals surface area contributed by atoms with Crippen molar-refractivity contribution in [3.05, 3.63) is 18.2 Å². The molecule has 1 aliphatic rings. The summed E-state index contributed by atoms with van der Waals surface area (Å²) in [4.78, 5) is 23.2. The van der Waals surface area contributed by atoms with Crippen LogP contribution in [-0.2, 0) is 9.59 Å². The van der Waals surface area contributed by atoms with Crippen molar-refractivity contribution in [1.29, 1.82) is 0 Å². The molecule has 1 aromatic carbocycles. The molecule has 6 heteroatoms. The molecule has 1 atom stereocenters. The average molecular weight is 277 g/mol. The summed E-state index contributed by atoms with van der Waals surface area (Å²) in [5, 5.41) is 5.53. The van der Waals surface area contributed by atoms with Gasteiger partial charge >= 0.3 is 0 Å². The zero-order chi connectivity index (χ0) is 14.5. The van der Waals surface area contributed by atoms with Crippen molar-refractivity contribution in [2.45, 2.75) is 19.8 Å². The number of nitrogens with two attached hydrogens (primary N) is 1. The second kappa shape index (κ2) is 6.38. The van der Waals surface area contributed by atoms with E-state index in [1.165, 1.54) is 0 Å². The maximum absolute atomic E-state index is 12.0. The normalized spacial score (nSPS) is 14.8. The van der Waals surface area contributed by atoms with E-state index in [0.717, 1.165) is 12.8 Å². The van der Waals surface area contributed by atoms with Crippen LogP contribution in [0.3, 0.4) is 0 Å². The lowest BCUT2D eigenvalue weighted by molar-refractivity contribution is -0.119. The molecule has 0 aromatic heterocycles. The fraction of sp³-hybridized carbons (Fsp3) is 0.429. The largest absolute Gasteiger partial charge is 0.482 e. The Bertz CT molecular complexity index is 516. The first-order chi connectivity index (χ1) is 9.60. The molecule has 0 fully saturated rings. The van der Waals surface area contributed by atoms with Gasteiger partial charge in [-0.2, -0.15) is 0 Å². The van der Waals surface area contributed by atoms with Crippen LogP contribution in [0.25, 0.3) is 0 Å². The summed E-state index contributed by atoms with van der Waals surface area (Å²) < 4.78 is 5.26. The summed E-state index contributed by atoms with van der Waals surface area (Å²) in [6, 6.07) is 5.18. The van der Waals surface area contributed by atoms with Crippen LogP contribution < -0.4 is 21.1 Å². The SMILES string of the molecule is CC(CCCN)C(=O)Nc1ccc2c(c1)NC(=O)CO2. The zero-order valence-corrected chi connectivity index (χ0v) is 11.4. The van der Waals surface area contributed by atoms with Gasteiger partial charge in [-0.1, -0.05) is 6.92 Å². The van der Waals surface area contributed by atoms with Crippen molar-refractivity contribution in [2.24, 2.45) is 11.7 Å². The fourth-order valence-corrected chi connectivity index (χ4v) is 1.98. The summed E-state index contributed by atoms with van der Waals surface area (Å²) in [6.45, 7) is 2.48. The molecule has 0 spiro atoms. The molecule has 0 saturated heterocycles. The highest BCUT2D eigenvalue weighted by Crippen LogP contribution is 2.30. The predicted molar refractivity (Wildman–Crippen MR) is 76.6 cm³/mol. The highest BCUT2D eigenvalue weighted by molar-refractivity contribution is 5.98. The van der Waals surface area contributed by atoms with Crippen LogP contribution in [0.2, 0.25) is 0 Å². The lowest BCUT2D eigenvalue weighted by Crippen LogP contribution is -2.26. The second-order valence-corrected chi connectivity index (χ2v) is 4.87. The van der Waals surface area contributed by atoms with Crippen molar-refractivity contribution in [3.8, 4) is 5.75 Å². The smallest absolute Gasteiger partial charge is 0.262 e. The van der Waals surface area contributed by atoms with Crippen LogP contribution in [0, 0.1) is 5.92 Å². The number of fused-ring (bicyclic) bond motifs is 1. The van der Waals surface area contributed by atoms with Crippen molar-refractivity contribution >= 4 is 23.2 Å². The second-order valence-electron chi connectivity index (χ2n) is 4.87. The average Bonchev–Trinajstić information content (AvgIpc) is 2.44. The molecule has 0 radical (unpaired) electrons. The summed E-state index contributed by atoms with van der Waals surface area (Å²) in [6.07, 6.45) is 1.58. The van der Waals surface area contributed by atoms with E-state index in [9.17, 15) is 9.59 Å². The topological polar surface area (TPSA) is 93.5 Å². The van der Waals surface area contributed by atoms with E-state index < -0.39 is 0 Å². The number of carbonyl (C=O) groups is 2. The van der Waals surface area contributed by atoms with Crippen molar-refractivity contribution in [1.82, 2.24) is 0 Å². The summed E-state index contributed by atoms with van der Waals surface area (Å²) in [5.74, 6) is 0.262. The molecule has 6 nitrogen and oxygen atoms in total. The van der Waals surface area contributed by atoms with Crippen LogP contribution in [0.5, 0.6) is 5.75 Å². The summed E-state index contributed by atoms with van der Waals surface area (Å²) in [5.41, 5.74) is 6.65. The molecule has 1 aliphatic heterocycles. The van der Waals surface area contributed by atoms with Crippen LogP contribution in [0.1, 0.15) is 19.8 Å². The Labute approximate surface area is 117 Å². The Morgan fingerprint density at radius 1 is 1.55 bits per heavy atom. The fourth-order valence-electron chi connectivity index (χ4n) is 1.98. The molecule has 1 unspecified atom stereocenters. The highest BCUT2D eigenvalue weighted by Gasteiger charge is 2.17. The number of nitrogens with one attached hydrogen (secondary N) is 2. The van der Waals surface area contributed by atoms with Crippen LogP contribution in [0.4, 0.5) is 11.4 Å². The molecule has 2 rings (SSSR count). The Hall–Kier alpha value is -2.08. The highest BCUT2D eigenvalue weighted by atomic mass is 16.5. The standard InChI is InChI=1S/C14H19N3O3/c1-9(3-2-6-15)14(19)16-10-4-5-12-11(7-10)17-13(18)8-20-12/h4-5,7,9H,2-3,6,8,15H2,1H3,(H,16,19)(H,17,18). The summed E-state index contributed by atoms with van der Waals surface area (Å²) >= 11 is 0. The minimum absolute atomic E-state index is 0.0226. The lowest BCUT2D eigenvalue weighted by atomic mass is 10.0. The van der Waals surface area contributed by atoms with Gasteiger partial charge in [0, 0.05) is 11.6 Å². The van der Waals surface area contributed by atoms with Gasteiger partial charge in [0.15, 0.2) is 6.61 Å². The van der Waals surface area contributed by atoms with E-state index in [-0.39, 0.29) is 24.3 Å². The number of benzene rings is 1. The van der Waals surface area contributed by atoms with Gasteiger partial charge in [0.25, 0.3) is 5.91 Å². The van der Waals surface area contributed by atoms with E-state index in [1.54, 1.807) is 18.2 Å². The molecule has 108 valence electrons. The van der Waals surface area contributed by atoms with E-state index in [2.05, 4.69) is 10.6 Å². The van der Waals surface area contributed by atoms with Crippen LogP contribution in [0.15, 0.2) is 18.2 Å². The number of rotatable bonds is 5. The van der Waals surface area contributed by atoms with E-state index in [0.29, 0.717) is 23.7 Å². The number of carbonyl (C=O) groups excluding carboxylic acids is 2. The molecule has 0 saturated carbocycles. The van der Waals surface area contributed by atoms with Gasteiger partial charge in [-0.15, -0.1) is 0 Å². The van der Waals surface area contributed by atoms with Gasteiger partial charge < -0.3 is 21.1 Å². The monoisotopic (exact) mass is 277 g/mol. The molecule has 0 aliphatic carbocycles. The van der Waals surface area contributed by atoms with Gasteiger partial charge in [-0.05, 0) is 37.6 Å². The Morgan fingerprint density at radius 3 is 3.10 bits per heavy atom. The van der Waals surface area contributed by atoms with Gasteiger partial charge in [-0.3, -0.25) is 9.59 Å². The quantitative estimate of drug-likeness (QED) is 0.757. The van der Waals surface area contributed by atoms with Gasteiger partial charge in [0.05, 0.1) is 5.69 Å². The molecular weight excluding hydrogens is 258 g/mol. The van der Waals surface area contributed by atoms with Crippen molar-refractivity contribution in [3.63, 3.8) is 0 Å². The minimum Gasteiger partial charge on any atom is -0.482 e. The first-order valence-corrected chi connectivity index (χ1v) is 6.68.